The minimum atomic E-state index is -0.904. The van der Waals surface area contributed by atoms with Crippen molar-refractivity contribution in [3.05, 3.63) is 0 Å². The van der Waals surface area contributed by atoms with Gasteiger partial charge < -0.3 is 15.9 Å². The van der Waals surface area contributed by atoms with Crippen molar-refractivity contribution in [2.45, 2.75) is 23.4 Å². The number of nitrogens with two attached hydrogens (primary N) is 1. The molecular weight excluding hydrogens is 214 g/mol. The fourth-order valence-electron chi connectivity index (χ4n) is 1.26. The van der Waals surface area contributed by atoms with Gasteiger partial charge in [0.15, 0.2) is 0 Å². The number of aliphatic carboxylic acids is 1. The number of carbonyl (C=O) groups is 1. The zero-order valence-corrected chi connectivity index (χ0v) is 7.36. The summed E-state index contributed by atoms with van der Waals surface area (Å²) in [6.07, 6.45) is -0.452. The van der Waals surface area contributed by atoms with Gasteiger partial charge in [0.05, 0.1) is 12.0 Å². The van der Waals surface area contributed by atoms with Crippen molar-refractivity contribution in [1.82, 2.24) is 0 Å². The molecule has 0 unspecified atom stereocenters. The van der Waals surface area contributed by atoms with E-state index in [4.69, 9.17) is 15.9 Å². The Balaban J connectivity index is 2.67. The first-order chi connectivity index (χ1) is 5.04. The molecule has 0 heterocycles. The maximum Gasteiger partial charge on any atom is 0.307 e. The highest BCUT2D eigenvalue weighted by molar-refractivity contribution is 9.09. The van der Waals surface area contributed by atoms with Crippen LogP contribution in [-0.2, 0) is 4.79 Å². The Hall–Kier alpha value is -0.130. The second-order valence-corrected chi connectivity index (χ2v) is 3.83. The van der Waals surface area contributed by atoms with Gasteiger partial charge >= 0.3 is 5.97 Å². The summed E-state index contributed by atoms with van der Waals surface area (Å²) in [5.41, 5.74) is 5.49. The fourth-order valence-corrected chi connectivity index (χ4v) is 2.06. The highest BCUT2D eigenvalue weighted by Crippen LogP contribution is 2.31. The molecule has 0 amide bonds. The average molecular weight is 224 g/mol. The predicted molar refractivity (Wildman–Crippen MR) is 42.4 cm³/mol. The third-order valence-corrected chi connectivity index (χ3v) is 3.26. The molecule has 4 nitrogen and oxygen atoms in total. The maximum atomic E-state index is 10.5. The zero-order valence-electron chi connectivity index (χ0n) is 5.77. The second-order valence-electron chi connectivity index (χ2n) is 2.77. The number of hydrogen-bond acceptors (Lipinski definition) is 3. The Kier molecular flexibility index (Phi) is 2.51. The molecule has 5 heteroatoms. The van der Waals surface area contributed by atoms with E-state index >= 15 is 0 Å². The van der Waals surface area contributed by atoms with Gasteiger partial charge in [-0.1, -0.05) is 15.9 Å². The summed E-state index contributed by atoms with van der Waals surface area (Å²) in [5, 5.41) is 17.8. The number of rotatable bonds is 1. The van der Waals surface area contributed by atoms with Gasteiger partial charge in [0.25, 0.3) is 0 Å². The molecule has 0 aromatic rings. The van der Waals surface area contributed by atoms with Gasteiger partial charge in [-0.15, -0.1) is 0 Å². The van der Waals surface area contributed by atoms with Crippen LogP contribution >= 0.6 is 15.9 Å². The van der Waals surface area contributed by atoms with Gasteiger partial charge in [-0.3, -0.25) is 4.79 Å². The van der Waals surface area contributed by atoms with Crippen LogP contribution in [0.25, 0.3) is 0 Å². The minimum Gasteiger partial charge on any atom is -0.481 e. The first-order valence-corrected chi connectivity index (χ1v) is 4.26. The summed E-state index contributed by atoms with van der Waals surface area (Å²) in [6.45, 7) is 0. The van der Waals surface area contributed by atoms with Crippen molar-refractivity contribution in [3.8, 4) is 0 Å². The van der Waals surface area contributed by atoms with E-state index in [1.807, 2.05) is 0 Å². The number of aliphatic hydroxyl groups is 1. The van der Waals surface area contributed by atoms with Gasteiger partial charge in [0, 0.05) is 10.9 Å². The second kappa shape index (κ2) is 3.08. The molecule has 64 valence electrons. The Morgan fingerprint density at radius 3 is 2.36 bits per heavy atom. The third kappa shape index (κ3) is 1.55. The summed E-state index contributed by atoms with van der Waals surface area (Å²) in [7, 11) is 0. The molecule has 0 spiro atoms. The topological polar surface area (TPSA) is 83.6 Å². The SMILES string of the molecule is N[C@H]1[C@H](Br)[C@@H](C(=O)O)C[C@@H]1O. The lowest BCUT2D eigenvalue weighted by Crippen LogP contribution is -2.36. The van der Waals surface area contributed by atoms with Crippen LogP contribution in [0.1, 0.15) is 6.42 Å². The Labute approximate surface area is 72.5 Å². The zero-order chi connectivity index (χ0) is 8.59. The van der Waals surface area contributed by atoms with Crippen LogP contribution in [0.4, 0.5) is 0 Å². The lowest BCUT2D eigenvalue weighted by atomic mass is 10.1. The highest BCUT2D eigenvalue weighted by Gasteiger charge is 2.42. The molecule has 1 aliphatic rings. The summed E-state index contributed by atoms with van der Waals surface area (Å²) >= 11 is 3.15. The normalized spacial score (nSPS) is 44.3. The lowest BCUT2D eigenvalue weighted by Gasteiger charge is -2.12. The van der Waals surface area contributed by atoms with E-state index in [1.165, 1.54) is 0 Å². The number of hydrogen-bond donors (Lipinski definition) is 3. The lowest BCUT2D eigenvalue weighted by molar-refractivity contribution is -0.141. The van der Waals surface area contributed by atoms with E-state index in [0.29, 0.717) is 0 Å². The van der Waals surface area contributed by atoms with E-state index in [1.54, 1.807) is 0 Å². The fraction of sp³-hybridized carbons (Fsp3) is 0.833. The quantitative estimate of drug-likeness (QED) is 0.526. The molecule has 4 atom stereocenters. The smallest absolute Gasteiger partial charge is 0.307 e. The van der Waals surface area contributed by atoms with Crippen LogP contribution in [0.3, 0.4) is 0 Å². The molecule has 0 aromatic carbocycles. The molecule has 11 heavy (non-hydrogen) atoms. The largest absolute Gasteiger partial charge is 0.481 e. The predicted octanol–water partition coefficient (Wildman–Crippen LogP) is -0.457. The first kappa shape index (κ1) is 8.96. The van der Waals surface area contributed by atoms with Crippen LogP contribution in [0.15, 0.2) is 0 Å². The van der Waals surface area contributed by atoms with Gasteiger partial charge in [0.1, 0.15) is 0 Å². The van der Waals surface area contributed by atoms with Crippen molar-refractivity contribution in [2.75, 3.05) is 0 Å². The van der Waals surface area contributed by atoms with Crippen molar-refractivity contribution in [3.63, 3.8) is 0 Å². The molecule has 0 radical (unpaired) electrons. The molecule has 0 bridgehead atoms. The molecule has 1 aliphatic carbocycles. The minimum absolute atomic E-state index is 0.242. The van der Waals surface area contributed by atoms with Crippen molar-refractivity contribution < 1.29 is 15.0 Å². The number of alkyl halides is 1. The van der Waals surface area contributed by atoms with Crippen molar-refractivity contribution in [1.29, 1.82) is 0 Å². The molecule has 0 aliphatic heterocycles. The summed E-state index contributed by atoms with van der Waals surface area (Å²) in [5.74, 6) is -1.46. The number of halogens is 1. The maximum absolute atomic E-state index is 10.5. The van der Waals surface area contributed by atoms with Crippen LogP contribution in [-0.4, -0.2) is 33.2 Å². The Morgan fingerprint density at radius 1 is 1.64 bits per heavy atom. The van der Waals surface area contributed by atoms with Crippen molar-refractivity contribution in [2.24, 2.45) is 11.7 Å². The van der Waals surface area contributed by atoms with Crippen LogP contribution in [0, 0.1) is 5.92 Å². The molecule has 4 N–H and O–H groups in total. The standard InChI is InChI=1S/C6H10BrNO3/c7-4-2(6(10)11)1-3(9)5(4)8/h2-5,9H,1,8H2,(H,10,11)/t2-,3-,4+,5+/m0/s1. The summed E-state index contributed by atoms with van der Waals surface area (Å²) in [4.78, 5) is 10.2. The van der Waals surface area contributed by atoms with Crippen LogP contribution < -0.4 is 5.73 Å². The van der Waals surface area contributed by atoms with Gasteiger partial charge in [-0.2, -0.15) is 0 Å². The van der Waals surface area contributed by atoms with Gasteiger partial charge in [-0.05, 0) is 6.42 Å². The van der Waals surface area contributed by atoms with E-state index in [2.05, 4.69) is 15.9 Å². The molecule has 1 fully saturated rings. The number of aliphatic hydroxyl groups excluding tert-OH is 1. The summed E-state index contributed by atoms with van der Waals surface area (Å²) in [6, 6.07) is -0.462. The number of carboxylic acid groups (broad SMARTS) is 1. The summed E-state index contributed by atoms with van der Waals surface area (Å²) < 4.78 is 0. The van der Waals surface area contributed by atoms with E-state index in [0.717, 1.165) is 0 Å². The average Bonchev–Trinajstić information content (AvgIpc) is 2.17. The first-order valence-electron chi connectivity index (χ1n) is 3.34. The van der Waals surface area contributed by atoms with Crippen LogP contribution in [0.5, 0.6) is 0 Å². The Morgan fingerprint density at radius 2 is 2.18 bits per heavy atom. The van der Waals surface area contributed by atoms with E-state index < -0.39 is 24.0 Å². The van der Waals surface area contributed by atoms with E-state index in [9.17, 15) is 4.79 Å². The molecule has 0 saturated heterocycles. The molecule has 1 rings (SSSR count). The third-order valence-electron chi connectivity index (χ3n) is 2.01. The monoisotopic (exact) mass is 223 g/mol. The Bertz CT molecular complexity index is 175. The highest BCUT2D eigenvalue weighted by atomic mass is 79.9. The molecular formula is C6H10BrNO3. The van der Waals surface area contributed by atoms with Gasteiger partial charge in [-0.25, -0.2) is 0 Å². The number of carboxylic acids is 1. The molecule has 1 saturated carbocycles. The van der Waals surface area contributed by atoms with Crippen molar-refractivity contribution >= 4 is 21.9 Å². The van der Waals surface area contributed by atoms with E-state index in [-0.39, 0.29) is 11.2 Å². The molecule has 0 aromatic heterocycles. The van der Waals surface area contributed by atoms with Crippen LogP contribution in [0.2, 0.25) is 0 Å². The van der Waals surface area contributed by atoms with Gasteiger partial charge in [0.2, 0.25) is 0 Å².